The van der Waals surface area contributed by atoms with Crippen molar-refractivity contribution in [2.75, 3.05) is 32.9 Å². The summed E-state index contributed by atoms with van der Waals surface area (Å²) in [4.78, 5) is 11.1. The van der Waals surface area contributed by atoms with Gasteiger partial charge >= 0.3 is 5.97 Å². The van der Waals surface area contributed by atoms with Gasteiger partial charge in [0.05, 0.1) is 19.8 Å². The van der Waals surface area contributed by atoms with Gasteiger partial charge in [0.2, 0.25) is 0 Å². The van der Waals surface area contributed by atoms with E-state index in [1.807, 2.05) is 0 Å². The molecule has 0 unspecified atom stereocenters. The SMILES string of the molecule is CCCCOC(=O)CNCCOCC1CC1. The van der Waals surface area contributed by atoms with Crippen LogP contribution in [0.1, 0.15) is 32.6 Å². The number of carbonyl (C=O) groups is 1. The lowest BCUT2D eigenvalue weighted by Crippen LogP contribution is -2.28. The first-order valence-corrected chi connectivity index (χ1v) is 6.27. The molecule has 1 N–H and O–H groups in total. The van der Waals surface area contributed by atoms with Crippen LogP contribution in [0.4, 0.5) is 0 Å². The van der Waals surface area contributed by atoms with E-state index in [4.69, 9.17) is 9.47 Å². The molecule has 0 aliphatic heterocycles. The first kappa shape index (κ1) is 13.5. The molecular formula is C12H23NO3. The van der Waals surface area contributed by atoms with Crippen LogP contribution in [-0.2, 0) is 14.3 Å². The van der Waals surface area contributed by atoms with Crippen LogP contribution in [0.15, 0.2) is 0 Å². The monoisotopic (exact) mass is 229 g/mol. The Kier molecular flexibility index (Phi) is 7.17. The molecule has 0 heterocycles. The number of unbranched alkanes of at least 4 members (excludes halogenated alkanes) is 1. The van der Waals surface area contributed by atoms with E-state index in [0.717, 1.165) is 31.9 Å². The zero-order chi connectivity index (χ0) is 11.6. The normalized spacial score (nSPS) is 15.1. The number of rotatable bonds is 10. The first-order chi connectivity index (χ1) is 7.83. The van der Waals surface area contributed by atoms with Gasteiger partial charge in [0.25, 0.3) is 0 Å². The van der Waals surface area contributed by atoms with E-state index in [1.54, 1.807) is 0 Å². The van der Waals surface area contributed by atoms with Crippen molar-refractivity contribution in [2.45, 2.75) is 32.6 Å². The fourth-order valence-corrected chi connectivity index (χ4v) is 1.25. The van der Waals surface area contributed by atoms with Gasteiger partial charge in [-0.05, 0) is 25.2 Å². The Morgan fingerprint density at radius 3 is 2.88 bits per heavy atom. The van der Waals surface area contributed by atoms with Crippen LogP contribution >= 0.6 is 0 Å². The molecule has 1 rings (SSSR count). The van der Waals surface area contributed by atoms with Gasteiger partial charge in [-0.3, -0.25) is 4.79 Å². The molecule has 0 aromatic rings. The molecule has 94 valence electrons. The Hall–Kier alpha value is -0.610. The summed E-state index contributed by atoms with van der Waals surface area (Å²) < 4.78 is 10.4. The van der Waals surface area contributed by atoms with E-state index in [2.05, 4.69) is 12.2 Å². The van der Waals surface area contributed by atoms with Crippen LogP contribution in [0.5, 0.6) is 0 Å². The number of carbonyl (C=O) groups excluding carboxylic acids is 1. The number of hydrogen-bond donors (Lipinski definition) is 1. The van der Waals surface area contributed by atoms with Gasteiger partial charge in [-0.2, -0.15) is 0 Å². The number of hydrogen-bond acceptors (Lipinski definition) is 4. The average Bonchev–Trinajstić information content (AvgIpc) is 3.07. The van der Waals surface area contributed by atoms with E-state index in [9.17, 15) is 4.79 Å². The Bertz CT molecular complexity index is 193. The van der Waals surface area contributed by atoms with Crippen LogP contribution in [0.3, 0.4) is 0 Å². The van der Waals surface area contributed by atoms with Crippen molar-refractivity contribution < 1.29 is 14.3 Å². The van der Waals surface area contributed by atoms with Crippen LogP contribution in [0.2, 0.25) is 0 Å². The molecule has 16 heavy (non-hydrogen) atoms. The van der Waals surface area contributed by atoms with Gasteiger partial charge in [0, 0.05) is 13.2 Å². The summed E-state index contributed by atoms with van der Waals surface area (Å²) in [7, 11) is 0. The molecule has 0 aromatic carbocycles. The highest BCUT2D eigenvalue weighted by Crippen LogP contribution is 2.28. The highest BCUT2D eigenvalue weighted by atomic mass is 16.5. The van der Waals surface area contributed by atoms with E-state index in [0.29, 0.717) is 13.2 Å². The Balaban J connectivity index is 1.76. The maximum atomic E-state index is 11.1. The molecule has 0 radical (unpaired) electrons. The lowest BCUT2D eigenvalue weighted by atomic mass is 10.4. The second-order valence-corrected chi connectivity index (χ2v) is 4.27. The van der Waals surface area contributed by atoms with Crippen molar-refractivity contribution in [2.24, 2.45) is 5.92 Å². The second-order valence-electron chi connectivity index (χ2n) is 4.27. The largest absolute Gasteiger partial charge is 0.465 e. The molecule has 1 aliphatic carbocycles. The van der Waals surface area contributed by atoms with Crippen molar-refractivity contribution in [1.82, 2.24) is 5.32 Å². The molecule has 0 spiro atoms. The van der Waals surface area contributed by atoms with Gasteiger partial charge < -0.3 is 14.8 Å². The molecule has 0 atom stereocenters. The van der Waals surface area contributed by atoms with E-state index < -0.39 is 0 Å². The number of ether oxygens (including phenoxy) is 2. The molecule has 0 saturated heterocycles. The molecule has 0 bridgehead atoms. The summed E-state index contributed by atoms with van der Waals surface area (Å²) >= 11 is 0. The third-order valence-electron chi connectivity index (χ3n) is 2.50. The molecule has 4 heteroatoms. The summed E-state index contributed by atoms with van der Waals surface area (Å²) in [6.45, 7) is 5.17. The van der Waals surface area contributed by atoms with Crippen molar-refractivity contribution in [3.8, 4) is 0 Å². The standard InChI is InChI=1S/C12H23NO3/c1-2-3-7-16-12(14)9-13-6-8-15-10-11-4-5-11/h11,13H,2-10H2,1H3. The molecule has 0 amide bonds. The van der Waals surface area contributed by atoms with Gasteiger partial charge in [0.15, 0.2) is 0 Å². The summed E-state index contributed by atoms with van der Waals surface area (Å²) in [5.41, 5.74) is 0. The van der Waals surface area contributed by atoms with Crippen molar-refractivity contribution in [3.63, 3.8) is 0 Å². The summed E-state index contributed by atoms with van der Waals surface area (Å²) in [5.74, 6) is 0.634. The van der Waals surface area contributed by atoms with E-state index >= 15 is 0 Å². The van der Waals surface area contributed by atoms with E-state index in [-0.39, 0.29) is 12.5 Å². The molecule has 0 aromatic heterocycles. The predicted octanol–water partition coefficient (Wildman–Crippen LogP) is 1.35. The van der Waals surface area contributed by atoms with Gasteiger partial charge in [-0.1, -0.05) is 13.3 Å². The Morgan fingerprint density at radius 2 is 2.19 bits per heavy atom. The van der Waals surface area contributed by atoms with E-state index in [1.165, 1.54) is 12.8 Å². The predicted molar refractivity (Wildman–Crippen MR) is 62.3 cm³/mol. The first-order valence-electron chi connectivity index (χ1n) is 6.27. The molecule has 1 aliphatic rings. The topological polar surface area (TPSA) is 47.6 Å². The summed E-state index contributed by atoms with van der Waals surface area (Å²) in [6.07, 6.45) is 4.63. The smallest absolute Gasteiger partial charge is 0.319 e. The van der Waals surface area contributed by atoms with Gasteiger partial charge in [0.1, 0.15) is 0 Å². The van der Waals surface area contributed by atoms with Crippen LogP contribution in [-0.4, -0.2) is 38.9 Å². The third kappa shape index (κ3) is 7.65. The molecule has 4 nitrogen and oxygen atoms in total. The number of esters is 1. The minimum absolute atomic E-state index is 0.171. The zero-order valence-electron chi connectivity index (χ0n) is 10.2. The lowest BCUT2D eigenvalue weighted by molar-refractivity contribution is -0.142. The van der Waals surface area contributed by atoms with Gasteiger partial charge in [-0.25, -0.2) is 0 Å². The fraction of sp³-hybridized carbons (Fsp3) is 0.917. The second kappa shape index (κ2) is 8.53. The minimum Gasteiger partial charge on any atom is -0.465 e. The number of nitrogens with one attached hydrogen (secondary N) is 1. The van der Waals surface area contributed by atoms with Crippen molar-refractivity contribution in [3.05, 3.63) is 0 Å². The zero-order valence-corrected chi connectivity index (χ0v) is 10.2. The van der Waals surface area contributed by atoms with Crippen molar-refractivity contribution in [1.29, 1.82) is 0 Å². The fourth-order valence-electron chi connectivity index (χ4n) is 1.25. The molecular weight excluding hydrogens is 206 g/mol. The van der Waals surface area contributed by atoms with Crippen LogP contribution < -0.4 is 5.32 Å². The van der Waals surface area contributed by atoms with Crippen LogP contribution in [0.25, 0.3) is 0 Å². The Labute approximate surface area is 97.7 Å². The highest BCUT2D eigenvalue weighted by Gasteiger charge is 2.20. The van der Waals surface area contributed by atoms with Crippen LogP contribution in [0, 0.1) is 5.92 Å². The molecule has 1 fully saturated rings. The Morgan fingerprint density at radius 1 is 1.38 bits per heavy atom. The highest BCUT2D eigenvalue weighted by molar-refractivity contribution is 5.71. The average molecular weight is 229 g/mol. The van der Waals surface area contributed by atoms with Gasteiger partial charge in [-0.15, -0.1) is 0 Å². The maximum Gasteiger partial charge on any atom is 0.319 e. The minimum atomic E-state index is -0.171. The molecule has 1 saturated carbocycles. The maximum absolute atomic E-state index is 11.1. The summed E-state index contributed by atoms with van der Waals surface area (Å²) in [6, 6.07) is 0. The third-order valence-corrected chi connectivity index (χ3v) is 2.50. The van der Waals surface area contributed by atoms with Crippen molar-refractivity contribution >= 4 is 5.97 Å². The quantitative estimate of drug-likeness (QED) is 0.454. The summed E-state index contributed by atoms with van der Waals surface area (Å²) in [5, 5.41) is 3.01. The lowest BCUT2D eigenvalue weighted by Gasteiger charge is -2.06.